The van der Waals surface area contributed by atoms with Crippen LogP contribution in [0.5, 0.6) is 0 Å². The molecule has 11 heavy (non-hydrogen) atoms. The summed E-state index contributed by atoms with van der Waals surface area (Å²) in [5.41, 5.74) is 6.59. The van der Waals surface area contributed by atoms with Gasteiger partial charge in [-0.1, -0.05) is 29.8 Å². The van der Waals surface area contributed by atoms with Crippen LogP contribution in [-0.4, -0.2) is 5.88 Å². The summed E-state index contributed by atoms with van der Waals surface area (Å²) in [6, 6.07) is 7.30. The van der Waals surface area contributed by atoms with E-state index in [1.54, 1.807) is 0 Å². The third kappa shape index (κ3) is 2.09. The largest absolute Gasteiger partial charge is 0.323 e. The van der Waals surface area contributed by atoms with Crippen molar-refractivity contribution < 1.29 is 0 Å². The highest BCUT2D eigenvalue weighted by Gasteiger charge is 2.06. The minimum atomic E-state index is -0.162. The Kier molecular flexibility index (Phi) is 3.18. The summed E-state index contributed by atoms with van der Waals surface area (Å²) in [7, 11) is 0. The van der Waals surface area contributed by atoms with Crippen LogP contribution >= 0.6 is 23.2 Å². The van der Waals surface area contributed by atoms with E-state index in [9.17, 15) is 0 Å². The maximum absolute atomic E-state index is 5.86. The Morgan fingerprint density at radius 1 is 1.36 bits per heavy atom. The Bertz CT molecular complexity index is 237. The topological polar surface area (TPSA) is 26.0 Å². The molecule has 1 aromatic rings. The van der Waals surface area contributed by atoms with Crippen LogP contribution in [0.2, 0.25) is 5.02 Å². The van der Waals surface area contributed by atoms with Crippen molar-refractivity contribution in [2.45, 2.75) is 6.04 Å². The number of hydrogen-bond acceptors (Lipinski definition) is 1. The Morgan fingerprint density at radius 3 is 2.55 bits per heavy atom. The third-order valence-electron chi connectivity index (χ3n) is 1.47. The van der Waals surface area contributed by atoms with Gasteiger partial charge in [-0.2, -0.15) is 0 Å². The molecule has 0 aliphatic heterocycles. The van der Waals surface area contributed by atoms with Gasteiger partial charge in [0.05, 0.1) is 0 Å². The molecule has 0 unspecified atom stereocenters. The maximum Gasteiger partial charge on any atom is 0.0454 e. The molecule has 60 valence electrons. The molecule has 0 aromatic heterocycles. The smallest absolute Gasteiger partial charge is 0.0454 e. The molecule has 1 nitrogen and oxygen atoms in total. The minimum Gasteiger partial charge on any atom is -0.323 e. The van der Waals surface area contributed by atoms with E-state index < -0.39 is 0 Å². The third-order valence-corrected chi connectivity index (χ3v) is 2.15. The van der Waals surface area contributed by atoms with Crippen LogP contribution in [0.15, 0.2) is 24.3 Å². The lowest BCUT2D eigenvalue weighted by Crippen LogP contribution is -2.11. The molecule has 3 heteroatoms. The van der Waals surface area contributed by atoms with Crippen molar-refractivity contribution in [3.8, 4) is 0 Å². The first-order valence-electron chi connectivity index (χ1n) is 3.31. The maximum atomic E-state index is 5.86. The van der Waals surface area contributed by atoms with E-state index in [0.29, 0.717) is 10.9 Å². The van der Waals surface area contributed by atoms with Crippen molar-refractivity contribution >= 4 is 23.2 Å². The second kappa shape index (κ2) is 3.96. The zero-order valence-corrected chi connectivity index (χ0v) is 7.44. The van der Waals surface area contributed by atoms with Crippen molar-refractivity contribution in [2.75, 3.05) is 5.88 Å². The molecule has 0 aliphatic carbocycles. The second-order valence-electron chi connectivity index (χ2n) is 2.28. The molecule has 2 N–H and O–H groups in total. The van der Waals surface area contributed by atoms with Gasteiger partial charge in [-0.05, 0) is 11.6 Å². The summed E-state index contributed by atoms with van der Waals surface area (Å²) >= 11 is 11.4. The summed E-state index contributed by atoms with van der Waals surface area (Å²) in [6.07, 6.45) is 0. The first-order valence-corrected chi connectivity index (χ1v) is 4.23. The predicted octanol–water partition coefficient (Wildman–Crippen LogP) is 2.58. The molecule has 0 spiro atoms. The van der Waals surface area contributed by atoms with Crippen molar-refractivity contribution in [3.63, 3.8) is 0 Å². The van der Waals surface area contributed by atoms with Crippen LogP contribution < -0.4 is 5.73 Å². The quantitative estimate of drug-likeness (QED) is 0.712. The number of nitrogens with two attached hydrogens (primary N) is 1. The van der Waals surface area contributed by atoms with Gasteiger partial charge in [0.2, 0.25) is 0 Å². The lowest BCUT2D eigenvalue weighted by atomic mass is 10.1. The van der Waals surface area contributed by atoms with Crippen molar-refractivity contribution in [1.82, 2.24) is 0 Å². The lowest BCUT2D eigenvalue weighted by molar-refractivity contribution is 0.827. The summed E-state index contributed by atoms with van der Waals surface area (Å²) in [4.78, 5) is 0. The molecule has 0 amide bonds. The molecular weight excluding hydrogens is 181 g/mol. The molecule has 1 rings (SSSR count). The van der Waals surface area contributed by atoms with Crippen LogP contribution in [0.1, 0.15) is 11.6 Å². The van der Waals surface area contributed by atoms with E-state index in [-0.39, 0.29) is 6.04 Å². The minimum absolute atomic E-state index is 0.162. The van der Waals surface area contributed by atoms with E-state index in [1.807, 2.05) is 24.3 Å². The lowest BCUT2D eigenvalue weighted by Gasteiger charge is -2.08. The fourth-order valence-electron chi connectivity index (χ4n) is 0.859. The Labute approximate surface area is 76.1 Å². The molecule has 0 fully saturated rings. The molecule has 0 radical (unpaired) electrons. The zero-order valence-electron chi connectivity index (χ0n) is 5.93. The fourth-order valence-corrected chi connectivity index (χ4v) is 1.30. The summed E-state index contributed by atoms with van der Waals surface area (Å²) < 4.78 is 0. The highest BCUT2D eigenvalue weighted by atomic mass is 35.5. The molecule has 0 saturated heterocycles. The van der Waals surface area contributed by atoms with Gasteiger partial charge in [0.1, 0.15) is 0 Å². The van der Waals surface area contributed by atoms with Gasteiger partial charge in [0, 0.05) is 16.9 Å². The number of rotatable bonds is 2. The summed E-state index contributed by atoms with van der Waals surface area (Å²) in [5, 5.41) is 0.681. The van der Waals surface area contributed by atoms with Crippen LogP contribution in [0, 0.1) is 0 Å². The molecule has 0 bridgehead atoms. The standard InChI is InChI=1S/C8H9Cl2N/c9-5-8(11)6-3-1-2-4-7(6)10/h1-4,8H,5,11H2/t8-/m1/s1. The molecule has 1 aromatic carbocycles. The molecule has 0 heterocycles. The molecule has 1 atom stereocenters. The second-order valence-corrected chi connectivity index (χ2v) is 3.00. The predicted molar refractivity (Wildman–Crippen MR) is 49.1 cm³/mol. The molecule has 0 aliphatic rings. The number of benzene rings is 1. The highest BCUT2D eigenvalue weighted by Crippen LogP contribution is 2.21. The number of halogens is 2. The first kappa shape index (κ1) is 8.85. The number of hydrogen-bond donors (Lipinski definition) is 1. The van der Waals surface area contributed by atoms with Crippen molar-refractivity contribution in [3.05, 3.63) is 34.9 Å². The van der Waals surface area contributed by atoms with Gasteiger partial charge < -0.3 is 5.73 Å². The van der Waals surface area contributed by atoms with E-state index in [0.717, 1.165) is 5.56 Å². The highest BCUT2D eigenvalue weighted by molar-refractivity contribution is 6.31. The summed E-state index contributed by atoms with van der Waals surface area (Å²) in [6.45, 7) is 0. The van der Waals surface area contributed by atoms with Gasteiger partial charge in [-0.25, -0.2) is 0 Å². The van der Waals surface area contributed by atoms with E-state index >= 15 is 0 Å². The zero-order chi connectivity index (χ0) is 8.27. The average Bonchev–Trinajstić information content (AvgIpc) is 2.04. The van der Waals surface area contributed by atoms with Crippen LogP contribution in [0.4, 0.5) is 0 Å². The number of alkyl halides is 1. The van der Waals surface area contributed by atoms with Crippen molar-refractivity contribution in [1.29, 1.82) is 0 Å². The van der Waals surface area contributed by atoms with Crippen LogP contribution in [0.3, 0.4) is 0 Å². The monoisotopic (exact) mass is 189 g/mol. The molecular formula is C8H9Cl2N. The van der Waals surface area contributed by atoms with Gasteiger partial charge in [0.25, 0.3) is 0 Å². The Balaban J connectivity index is 2.93. The van der Waals surface area contributed by atoms with Gasteiger partial charge >= 0.3 is 0 Å². The van der Waals surface area contributed by atoms with Crippen LogP contribution in [-0.2, 0) is 0 Å². The van der Waals surface area contributed by atoms with Crippen molar-refractivity contribution in [2.24, 2.45) is 5.73 Å². The van der Waals surface area contributed by atoms with Crippen LogP contribution in [0.25, 0.3) is 0 Å². The van der Waals surface area contributed by atoms with Gasteiger partial charge in [0.15, 0.2) is 0 Å². The normalized spacial score (nSPS) is 13.0. The fraction of sp³-hybridized carbons (Fsp3) is 0.250. The SMILES string of the molecule is N[C@H](CCl)c1ccccc1Cl. The Hall–Kier alpha value is -0.240. The van der Waals surface area contributed by atoms with E-state index in [4.69, 9.17) is 28.9 Å². The Morgan fingerprint density at radius 2 is 2.00 bits per heavy atom. The first-order chi connectivity index (χ1) is 5.25. The van der Waals surface area contributed by atoms with Gasteiger partial charge in [-0.15, -0.1) is 11.6 Å². The van der Waals surface area contributed by atoms with E-state index in [1.165, 1.54) is 0 Å². The van der Waals surface area contributed by atoms with Gasteiger partial charge in [-0.3, -0.25) is 0 Å². The average molecular weight is 190 g/mol. The van der Waals surface area contributed by atoms with E-state index in [2.05, 4.69) is 0 Å². The summed E-state index contributed by atoms with van der Waals surface area (Å²) in [5.74, 6) is 0.393. The molecule has 0 saturated carbocycles.